The van der Waals surface area contributed by atoms with E-state index >= 15 is 0 Å². The highest BCUT2D eigenvalue weighted by Crippen LogP contribution is 2.19. The zero-order valence-corrected chi connectivity index (χ0v) is 10.8. The van der Waals surface area contributed by atoms with Crippen molar-refractivity contribution < 1.29 is 0 Å². The summed E-state index contributed by atoms with van der Waals surface area (Å²) in [5.74, 6) is 0.915. The number of rotatable bonds is 5. The first kappa shape index (κ1) is 12.9. The lowest BCUT2D eigenvalue weighted by Gasteiger charge is -2.36. The lowest BCUT2D eigenvalue weighted by Crippen LogP contribution is -2.45. The molecule has 0 amide bonds. The second-order valence-corrected chi connectivity index (χ2v) is 5.15. The van der Waals surface area contributed by atoms with Gasteiger partial charge >= 0.3 is 0 Å². The van der Waals surface area contributed by atoms with Crippen molar-refractivity contribution in [1.29, 1.82) is 0 Å². The Balaban J connectivity index is 2.23. The van der Waals surface area contributed by atoms with Gasteiger partial charge in [0, 0.05) is 19.1 Å². The molecule has 3 nitrogen and oxygen atoms in total. The third-order valence-electron chi connectivity index (χ3n) is 3.40. The molecule has 15 heavy (non-hydrogen) atoms. The van der Waals surface area contributed by atoms with E-state index in [4.69, 9.17) is 0 Å². The Kier molecular flexibility index (Phi) is 5.58. The van der Waals surface area contributed by atoms with Crippen LogP contribution < -0.4 is 5.32 Å². The van der Waals surface area contributed by atoms with E-state index < -0.39 is 0 Å². The van der Waals surface area contributed by atoms with Crippen LogP contribution in [0.3, 0.4) is 0 Å². The minimum atomic E-state index is 0.690. The molecule has 0 bridgehead atoms. The summed E-state index contributed by atoms with van der Waals surface area (Å²) >= 11 is 0. The van der Waals surface area contributed by atoms with E-state index in [1.54, 1.807) is 0 Å². The first-order valence-electron chi connectivity index (χ1n) is 6.17. The maximum atomic E-state index is 3.26. The van der Waals surface area contributed by atoms with Gasteiger partial charge in [-0.25, -0.2) is 0 Å². The molecule has 1 aliphatic rings. The number of nitrogens with one attached hydrogen (secondary N) is 1. The highest BCUT2D eigenvalue weighted by atomic mass is 15.2. The monoisotopic (exact) mass is 213 g/mol. The quantitative estimate of drug-likeness (QED) is 0.731. The Morgan fingerprint density at radius 1 is 1.33 bits per heavy atom. The van der Waals surface area contributed by atoms with E-state index in [1.807, 2.05) is 7.05 Å². The van der Waals surface area contributed by atoms with E-state index in [0.717, 1.165) is 12.5 Å². The Bertz CT molecular complexity index is 162. The predicted molar refractivity (Wildman–Crippen MR) is 66.2 cm³/mol. The van der Waals surface area contributed by atoms with Crippen molar-refractivity contribution in [2.45, 2.75) is 25.8 Å². The highest BCUT2D eigenvalue weighted by molar-refractivity contribution is 4.78. The first-order valence-corrected chi connectivity index (χ1v) is 6.17. The lowest BCUT2D eigenvalue weighted by molar-refractivity contribution is 0.127. The van der Waals surface area contributed by atoms with Gasteiger partial charge in [0.15, 0.2) is 0 Å². The van der Waals surface area contributed by atoms with Crippen LogP contribution in [0.2, 0.25) is 0 Å². The van der Waals surface area contributed by atoms with Crippen LogP contribution in [0.25, 0.3) is 0 Å². The molecule has 1 N–H and O–H groups in total. The maximum absolute atomic E-state index is 3.26. The van der Waals surface area contributed by atoms with E-state index in [2.05, 4.69) is 36.1 Å². The van der Waals surface area contributed by atoms with Crippen LogP contribution in [-0.2, 0) is 0 Å². The second kappa shape index (κ2) is 6.46. The molecule has 0 aromatic heterocycles. The van der Waals surface area contributed by atoms with Crippen molar-refractivity contribution in [1.82, 2.24) is 15.1 Å². The minimum Gasteiger partial charge on any atom is -0.318 e. The van der Waals surface area contributed by atoms with Gasteiger partial charge in [0.05, 0.1) is 0 Å². The largest absolute Gasteiger partial charge is 0.318 e. The van der Waals surface area contributed by atoms with Crippen LogP contribution in [0.15, 0.2) is 0 Å². The summed E-state index contributed by atoms with van der Waals surface area (Å²) in [6, 6.07) is 0.690. The first-order chi connectivity index (χ1) is 7.13. The number of nitrogens with zero attached hydrogens (tertiary/aromatic N) is 2. The van der Waals surface area contributed by atoms with Crippen LogP contribution in [-0.4, -0.2) is 63.2 Å². The topological polar surface area (TPSA) is 18.5 Å². The van der Waals surface area contributed by atoms with Crippen molar-refractivity contribution in [3.63, 3.8) is 0 Å². The molecule has 1 fully saturated rings. The number of piperidine rings is 1. The minimum absolute atomic E-state index is 0.690. The summed E-state index contributed by atoms with van der Waals surface area (Å²) in [5.41, 5.74) is 0. The normalized spacial score (nSPS) is 22.2. The third-order valence-corrected chi connectivity index (χ3v) is 3.40. The molecular formula is C12H27N3. The van der Waals surface area contributed by atoms with E-state index in [1.165, 1.54) is 32.5 Å². The summed E-state index contributed by atoms with van der Waals surface area (Å²) in [7, 11) is 6.39. The lowest BCUT2D eigenvalue weighted by atomic mass is 9.95. The molecule has 1 unspecified atom stereocenters. The van der Waals surface area contributed by atoms with Crippen LogP contribution in [0.1, 0.15) is 19.8 Å². The Hall–Kier alpha value is -0.120. The summed E-state index contributed by atoms with van der Waals surface area (Å²) in [6.45, 7) is 7.25. The smallest absolute Gasteiger partial charge is 0.0192 e. The van der Waals surface area contributed by atoms with Crippen molar-refractivity contribution in [2.75, 3.05) is 47.3 Å². The fourth-order valence-electron chi connectivity index (χ4n) is 2.52. The summed E-state index contributed by atoms with van der Waals surface area (Å²) < 4.78 is 0. The Morgan fingerprint density at radius 3 is 2.40 bits per heavy atom. The zero-order chi connectivity index (χ0) is 11.3. The van der Waals surface area contributed by atoms with Gasteiger partial charge in [-0.3, -0.25) is 4.90 Å². The molecule has 90 valence electrons. The van der Waals surface area contributed by atoms with Gasteiger partial charge in [-0.05, 0) is 59.9 Å². The summed E-state index contributed by atoms with van der Waals surface area (Å²) in [5, 5.41) is 3.26. The SMILES string of the molecule is CNCC(C)N1CCC(CN(C)C)CC1. The second-order valence-electron chi connectivity index (χ2n) is 5.15. The molecular weight excluding hydrogens is 186 g/mol. The van der Waals surface area contributed by atoms with Crippen LogP contribution in [0.5, 0.6) is 0 Å². The standard InChI is InChI=1S/C12H27N3/c1-11(9-13-2)15-7-5-12(6-8-15)10-14(3)4/h11-13H,5-10H2,1-4H3. The van der Waals surface area contributed by atoms with Crippen LogP contribution >= 0.6 is 0 Å². The Labute approximate surface area is 94.8 Å². The Morgan fingerprint density at radius 2 is 1.93 bits per heavy atom. The van der Waals surface area contributed by atoms with Gasteiger partial charge in [-0.1, -0.05) is 0 Å². The fraction of sp³-hybridized carbons (Fsp3) is 1.00. The van der Waals surface area contributed by atoms with Gasteiger partial charge in [0.25, 0.3) is 0 Å². The maximum Gasteiger partial charge on any atom is 0.0192 e. The van der Waals surface area contributed by atoms with Crippen LogP contribution in [0.4, 0.5) is 0 Å². The van der Waals surface area contributed by atoms with Gasteiger partial charge in [-0.2, -0.15) is 0 Å². The van der Waals surface area contributed by atoms with Crippen molar-refractivity contribution in [2.24, 2.45) is 5.92 Å². The molecule has 1 rings (SSSR count). The molecule has 0 aliphatic carbocycles. The van der Waals surface area contributed by atoms with E-state index in [9.17, 15) is 0 Å². The molecule has 1 saturated heterocycles. The van der Waals surface area contributed by atoms with Gasteiger partial charge in [0.2, 0.25) is 0 Å². The van der Waals surface area contributed by atoms with Crippen molar-refractivity contribution >= 4 is 0 Å². The number of likely N-dealkylation sites (tertiary alicyclic amines) is 1. The number of hydrogen-bond acceptors (Lipinski definition) is 3. The molecule has 0 saturated carbocycles. The summed E-state index contributed by atoms with van der Waals surface area (Å²) in [6.07, 6.45) is 2.73. The van der Waals surface area contributed by atoms with Gasteiger partial charge < -0.3 is 10.2 Å². The number of hydrogen-bond donors (Lipinski definition) is 1. The molecule has 1 atom stereocenters. The molecule has 3 heteroatoms. The molecule has 0 spiro atoms. The zero-order valence-electron chi connectivity index (χ0n) is 10.8. The van der Waals surface area contributed by atoms with Gasteiger partial charge in [0.1, 0.15) is 0 Å². The number of likely N-dealkylation sites (N-methyl/N-ethyl adjacent to an activating group) is 1. The molecule has 1 aliphatic heterocycles. The third kappa shape index (κ3) is 4.49. The predicted octanol–water partition coefficient (Wildman–Crippen LogP) is 0.868. The fourth-order valence-corrected chi connectivity index (χ4v) is 2.52. The van der Waals surface area contributed by atoms with E-state index in [-0.39, 0.29) is 0 Å². The highest BCUT2D eigenvalue weighted by Gasteiger charge is 2.22. The average molecular weight is 213 g/mol. The summed E-state index contributed by atoms with van der Waals surface area (Å²) in [4.78, 5) is 4.93. The average Bonchev–Trinajstić information content (AvgIpc) is 2.18. The van der Waals surface area contributed by atoms with Crippen LogP contribution in [0, 0.1) is 5.92 Å². The van der Waals surface area contributed by atoms with Crippen molar-refractivity contribution in [3.8, 4) is 0 Å². The molecule has 0 radical (unpaired) electrons. The molecule has 0 aromatic carbocycles. The molecule has 1 heterocycles. The van der Waals surface area contributed by atoms with Gasteiger partial charge in [-0.15, -0.1) is 0 Å². The van der Waals surface area contributed by atoms with E-state index in [0.29, 0.717) is 6.04 Å². The molecule has 0 aromatic rings. The van der Waals surface area contributed by atoms with Crippen molar-refractivity contribution in [3.05, 3.63) is 0 Å².